The highest BCUT2D eigenvalue weighted by molar-refractivity contribution is 5.99. The molecule has 0 aromatic rings. The summed E-state index contributed by atoms with van der Waals surface area (Å²) in [5.41, 5.74) is 0.409. The van der Waals surface area contributed by atoms with Gasteiger partial charge in [0.2, 0.25) is 0 Å². The topological polar surface area (TPSA) is 50.2 Å². The van der Waals surface area contributed by atoms with Gasteiger partial charge in [0.15, 0.2) is 0 Å². The quantitative estimate of drug-likeness (QED) is 0.510. The van der Waals surface area contributed by atoms with E-state index in [1.807, 2.05) is 0 Å². The lowest BCUT2D eigenvalue weighted by Gasteiger charge is -2.13. The first kappa shape index (κ1) is 12.1. The molecule has 1 N–H and O–H groups in total. The van der Waals surface area contributed by atoms with Crippen LogP contribution in [0.4, 0.5) is 0 Å². The number of ether oxygens (including phenoxy) is 1. The third kappa shape index (κ3) is 4.65. The smallest absolute Gasteiger partial charge is 0.314 e. The third-order valence-electron chi connectivity index (χ3n) is 1.94. The summed E-state index contributed by atoms with van der Waals surface area (Å²) in [5, 5.41) is 7.44. The summed E-state index contributed by atoms with van der Waals surface area (Å²) in [5.74, 6) is -0.566. The predicted molar refractivity (Wildman–Crippen MR) is 53.0 cm³/mol. The monoisotopic (exact) mass is 185 g/mol. The van der Waals surface area contributed by atoms with Crippen LogP contribution in [0.2, 0.25) is 0 Å². The second-order valence-electron chi connectivity index (χ2n) is 3.13. The van der Waals surface area contributed by atoms with Crippen molar-refractivity contribution in [2.75, 3.05) is 6.61 Å². The van der Waals surface area contributed by atoms with E-state index < -0.39 is 0 Å². The van der Waals surface area contributed by atoms with Crippen LogP contribution in [0.1, 0.15) is 40.0 Å². The summed E-state index contributed by atoms with van der Waals surface area (Å²) >= 11 is 0. The Balaban J connectivity index is 4.07. The number of carbonyl (C=O) groups is 1. The molecule has 0 spiro atoms. The number of carbonyl (C=O) groups excluding carboxylic acids is 1. The van der Waals surface area contributed by atoms with Gasteiger partial charge in [-0.15, -0.1) is 0 Å². The minimum Gasteiger partial charge on any atom is -0.465 e. The largest absolute Gasteiger partial charge is 0.465 e. The van der Waals surface area contributed by atoms with Crippen LogP contribution in [0, 0.1) is 11.3 Å². The van der Waals surface area contributed by atoms with Gasteiger partial charge in [-0.3, -0.25) is 4.79 Å². The van der Waals surface area contributed by atoms with Crippen LogP contribution >= 0.6 is 0 Å². The van der Waals surface area contributed by atoms with E-state index in [9.17, 15) is 4.79 Å². The summed E-state index contributed by atoms with van der Waals surface area (Å²) in [6, 6.07) is 0. The van der Waals surface area contributed by atoms with E-state index in [2.05, 4.69) is 6.92 Å². The second-order valence-corrected chi connectivity index (χ2v) is 3.13. The van der Waals surface area contributed by atoms with Crippen molar-refractivity contribution in [2.45, 2.75) is 40.0 Å². The zero-order chi connectivity index (χ0) is 10.3. The highest BCUT2D eigenvalue weighted by Gasteiger charge is 2.20. The first-order chi connectivity index (χ1) is 6.13. The summed E-state index contributed by atoms with van der Waals surface area (Å²) in [4.78, 5) is 11.3. The Labute approximate surface area is 80.0 Å². The van der Waals surface area contributed by atoms with Gasteiger partial charge in [0.25, 0.3) is 0 Å². The van der Waals surface area contributed by atoms with Gasteiger partial charge < -0.3 is 10.1 Å². The Morgan fingerprint density at radius 3 is 2.46 bits per heavy atom. The van der Waals surface area contributed by atoms with Crippen LogP contribution in [0.3, 0.4) is 0 Å². The molecule has 0 heterocycles. The molecule has 0 saturated carbocycles. The molecule has 0 amide bonds. The van der Waals surface area contributed by atoms with E-state index in [0.717, 1.165) is 19.3 Å². The number of hydrogen-bond acceptors (Lipinski definition) is 3. The molecule has 0 aliphatic rings. The van der Waals surface area contributed by atoms with Crippen molar-refractivity contribution >= 4 is 11.7 Å². The van der Waals surface area contributed by atoms with Gasteiger partial charge >= 0.3 is 5.97 Å². The van der Waals surface area contributed by atoms with Crippen molar-refractivity contribution in [3.05, 3.63) is 0 Å². The highest BCUT2D eigenvalue weighted by atomic mass is 16.5. The molecule has 0 aliphatic carbocycles. The van der Waals surface area contributed by atoms with Crippen LogP contribution in [0.5, 0.6) is 0 Å². The first-order valence-electron chi connectivity index (χ1n) is 4.85. The maximum Gasteiger partial charge on any atom is 0.314 e. The molecule has 1 unspecified atom stereocenters. The Hall–Kier alpha value is -0.860. The summed E-state index contributed by atoms with van der Waals surface area (Å²) < 4.78 is 4.88. The summed E-state index contributed by atoms with van der Waals surface area (Å²) in [6.45, 7) is 5.92. The van der Waals surface area contributed by atoms with E-state index in [-0.39, 0.29) is 11.9 Å². The molecule has 0 fully saturated rings. The van der Waals surface area contributed by atoms with Crippen LogP contribution in [0.15, 0.2) is 0 Å². The normalized spacial score (nSPS) is 12.2. The molecule has 76 valence electrons. The van der Waals surface area contributed by atoms with Gasteiger partial charge in [0.05, 0.1) is 12.5 Å². The van der Waals surface area contributed by atoms with Crippen molar-refractivity contribution in [2.24, 2.45) is 5.92 Å². The molecule has 13 heavy (non-hydrogen) atoms. The van der Waals surface area contributed by atoms with Gasteiger partial charge in [0.1, 0.15) is 0 Å². The minimum atomic E-state index is -0.320. The van der Waals surface area contributed by atoms with Crippen molar-refractivity contribution in [1.29, 1.82) is 5.41 Å². The molecular formula is C10H19NO2. The fourth-order valence-electron chi connectivity index (χ4n) is 1.16. The van der Waals surface area contributed by atoms with Crippen molar-refractivity contribution in [1.82, 2.24) is 0 Å². The maximum atomic E-state index is 11.3. The lowest BCUT2D eigenvalue weighted by molar-refractivity contribution is -0.145. The molecule has 0 bridgehead atoms. The third-order valence-corrected chi connectivity index (χ3v) is 1.94. The molecule has 0 rings (SSSR count). The van der Waals surface area contributed by atoms with E-state index >= 15 is 0 Å². The second kappa shape index (κ2) is 6.63. The van der Waals surface area contributed by atoms with Gasteiger partial charge in [0, 0.05) is 5.71 Å². The van der Waals surface area contributed by atoms with E-state index in [0.29, 0.717) is 12.3 Å². The molecule has 0 aliphatic heterocycles. The lowest BCUT2D eigenvalue weighted by Crippen LogP contribution is -2.23. The number of rotatable bonds is 6. The fourth-order valence-corrected chi connectivity index (χ4v) is 1.16. The Bertz CT molecular complexity index is 178. The standard InChI is InChI=1S/C10H19NO2/c1-4-6-7-9(8(3)11)10(12)13-5-2/h9,11H,4-7H2,1-3H3. The fraction of sp³-hybridized carbons (Fsp3) is 0.800. The van der Waals surface area contributed by atoms with Gasteiger partial charge in [-0.2, -0.15) is 0 Å². The molecule has 0 aromatic heterocycles. The lowest BCUT2D eigenvalue weighted by atomic mass is 9.98. The minimum absolute atomic E-state index is 0.247. The molecule has 0 aromatic carbocycles. The van der Waals surface area contributed by atoms with Crippen LogP contribution < -0.4 is 0 Å². The van der Waals surface area contributed by atoms with Crippen molar-refractivity contribution in [3.8, 4) is 0 Å². The Morgan fingerprint density at radius 2 is 2.08 bits per heavy atom. The van der Waals surface area contributed by atoms with Crippen molar-refractivity contribution in [3.63, 3.8) is 0 Å². The number of esters is 1. The number of unbranched alkanes of at least 4 members (excludes halogenated alkanes) is 1. The SMILES string of the molecule is CCCCC(C(C)=N)C(=O)OCC. The van der Waals surface area contributed by atoms with E-state index in [4.69, 9.17) is 10.1 Å². The first-order valence-corrected chi connectivity index (χ1v) is 4.85. The number of hydrogen-bond donors (Lipinski definition) is 1. The molecule has 3 heteroatoms. The molecular weight excluding hydrogens is 166 g/mol. The predicted octanol–water partition coefficient (Wildman–Crippen LogP) is 2.40. The van der Waals surface area contributed by atoms with E-state index in [1.165, 1.54) is 0 Å². The van der Waals surface area contributed by atoms with Gasteiger partial charge in [-0.25, -0.2) is 0 Å². The van der Waals surface area contributed by atoms with Gasteiger partial charge in [-0.05, 0) is 20.3 Å². The maximum absolute atomic E-state index is 11.3. The molecule has 1 atom stereocenters. The summed E-state index contributed by atoms with van der Waals surface area (Å²) in [7, 11) is 0. The highest BCUT2D eigenvalue weighted by Crippen LogP contribution is 2.11. The number of nitrogens with one attached hydrogen (secondary N) is 1. The Morgan fingerprint density at radius 1 is 1.46 bits per heavy atom. The zero-order valence-corrected chi connectivity index (χ0v) is 8.72. The zero-order valence-electron chi connectivity index (χ0n) is 8.72. The van der Waals surface area contributed by atoms with E-state index in [1.54, 1.807) is 13.8 Å². The average Bonchev–Trinajstić information content (AvgIpc) is 2.05. The van der Waals surface area contributed by atoms with Crippen LogP contribution in [-0.2, 0) is 9.53 Å². The van der Waals surface area contributed by atoms with Crippen molar-refractivity contribution < 1.29 is 9.53 Å². The molecule has 3 nitrogen and oxygen atoms in total. The van der Waals surface area contributed by atoms with Gasteiger partial charge in [-0.1, -0.05) is 19.8 Å². The Kier molecular flexibility index (Phi) is 6.20. The summed E-state index contributed by atoms with van der Waals surface area (Å²) in [6.07, 6.45) is 2.76. The molecule has 0 saturated heterocycles. The van der Waals surface area contributed by atoms with Crippen LogP contribution in [-0.4, -0.2) is 18.3 Å². The van der Waals surface area contributed by atoms with Crippen LogP contribution in [0.25, 0.3) is 0 Å². The molecule has 0 radical (unpaired) electrons. The average molecular weight is 185 g/mol.